The SMILES string of the molecule is O=[N+]([O-])c1ccc2ccccc2c1-c1cccc2c1ccn2-c1ccc(Cl)cc1. The van der Waals surface area contributed by atoms with Crippen molar-refractivity contribution in [3.8, 4) is 16.8 Å². The molecule has 0 saturated carbocycles. The molecule has 5 aromatic rings. The molecule has 5 rings (SSSR count). The standard InChI is InChI=1S/C24H15ClN2O2/c25-17-9-11-18(12-10-17)26-15-14-20-21(6-3-7-22(20)26)24-19-5-2-1-4-16(19)8-13-23(24)27(28)29/h1-15H. The predicted molar refractivity (Wildman–Crippen MR) is 118 cm³/mol. The van der Waals surface area contributed by atoms with Gasteiger partial charge in [-0.3, -0.25) is 10.1 Å². The highest BCUT2D eigenvalue weighted by molar-refractivity contribution is 6.30. The number of aromatic nitrogens is 1. The molecule has 4 aromatic carbocycles. The number of hydrogen-bond acceptors (Lipinski definition) is 2. The van der Waals surface area contributed by atoms with E-state index < -0.39 is 0 Å². The summed E-state index contributed by atoms with van der Waals surface area (Å²) in [6.45, 7) is 0. The summed E-state index contributed by atoms with van der Waals surface area (Å²) in [6.07, 6.45) is 1.98. The second-order valence-corrected chi connectivity index (χ2v) is 7.27. The highest BCUT2D eigenvalue weighted by Crippen LogP contribution is 2.40. The molecule has 0 saturated heterocycles. The average Bonchev–Trinajstić information content (AvgIpc) is 3.18. The second-order valence-electron chi connectivity index (χ2n) is 6.84. The van der Waals surface area contributed by atoms with E-state index in [0.717, 1.165) is 32.9 Å². The minimum atomic E-state index is -0.309. The fraction of sp³-hybridized carbons (Fsp3) is 0. The van der Waals surface area contributed by atoms with Gasteiger partial charge in [0.15, 0.2) is 0 Å². The lowest BCUT2D eigenvalue weighted by molar-refractivity contribution is -0.384. The van der Waals surface area contributed by atoms with Gasteiger partial charge in [0.2, 0.25) is 0 Å². The van der Waals surface area contributed by atoms with Crippen molar-refractivity contribution in [1.82, 2.24) is 4.57 Å². The summed E-state index contributed by atoms with van der Waals surface area (Å²) in [5, 5.41) is 15.3. The number of nitro benzene ring substituents is 1. The molecule has 29 heavy (non-hydrogen) atoms. The van der Waals surface area contributed by atoms with E-state index in [9.17, 15) is 10.1 Å². The van der Waals surface area contributed by atoms with Crippen molar-refractivity contribution in [3.05, 3.63) is 106 Å². The average molecular weight is 399 g/mol. The molecule has 4 nitrogen and oxygen atoms in total. The molecule has 1 aromatic heterocycles. The zero-order valence-electron chi connectivity index (χ0n) is 15.2. The van der Waals surface area contributed by atoms with E-state index in [4.69, 9.17) is 11.6 Å². The topological polar surface area (TPSA) is 48.1 Å². The van der Waals surface area contributed by atoms with Crippen molar-refractivity contribution in [2.75, 3.05) is 0 Å². The van der Waals surface area contributed by atoms with Crippen LogP contribution in [0.25, 0.3) is 38.5 Å². The molecular weight excluding hydrogens is 384 g/mol. The molecule has 0 N–H and O–H groups in total. The zero-order valence-corrected chi connectivity index (χ0v) is 16.0. The van der Waals surface area contributed by atoms with Crippen LogP contribution >= 0.6 is 11.6 Å². The van der Waals surface area contributed by atoms with Crippen LogP contribution in [0.5, 0.6) is 0 Å². The van der Waals surface area contributed by atoms with Crippen LogP contribution in [0.1, 0.15) is 0 Å². The highest BCUT2D eigenvalue weighted by atomic mass is 35.5. The summed E-state index contributed by atoms with van der Waals surface area (Å²) in [5.41, 5.74) is 3.56. The van der Waals surface area contributed by atoms with Crippen LogP contribution in [-0.2, 0) is 0 Å². The molecule has 0 atom stereocenters. The zero-order chi connectivity index (χ0) is 20.0. The van der Waals surface area contributed by atoms with Crippen LogP contribution in [0.4, 0.5) is 5.69 Å². The summed E-state index contributed by atoms with van der Waals surface area (Å²) >= 11 is 6.03. The first-order chi connectivity index (χ1) is 14.1. The van der Waals surface area contributed by atoms with Gasteiger partial charge in [0.1, 0.15) is 0 Å². The normalized spacial score (nSPS) is 11.2. The molecular formula is C24H15ClN2O2. The number of nitrogens with zero attached hydrogens (tertiary/aromatic N) is 2. The summed E-state index contributed by atoms with van der Waals surface area (Å²) in [6, 6.07) is 26.7. The maximum atomic E-state index is 11.8. The maximum Gasteiger partial charge on any atom is 0.277 e. The van der Waals surface area contributed by atoms with Gasteiger partial charge in [-0.05, 0) is 58.8 Å². The van der Waals surface area contributed by atoms with Crippen LogP contribution in [0, 0.1) is 10.1 Å². The Bertz CT molecular complexity index is 1390. The lowest BCUT2D eigenvalue weighted by Gasteiger charge is -2.11. The Morgan fingerprint density at radius 3 is 2.38 bits per heavy atom. The number of halogens is 1. The first kappa shape index (κ1) is 17.5. The van der Waals surface area contributed by atoms with Crippen molar-refractivity contribution in [1.29, 1.82) is 0 Å². The van der Waals surface area contributed by atoms with Gasteiger partial charge in [0, 0.05) is 28.4 Å². The van der Waals surface area contributed by atoms with Crippen molar-refractivity contribution in [2.45, 2.75) is 0 Å². The molecule has 5 heteroatoms. The number of fused-ring (bicyclic) bond motifs is 2. The fourth-order valence-corrected chi connectivity index (χ4v) is 4.03. The molecule has 0 aliphatic carbocycles. The Morgan fingerprint density at radius 2 is 1.59 bits per heavy atom. The summed E-state index contributed by atoms with van der Waals surface area (Å²) < 4.78 is 2.06. The Balaban J connectivity index is 1.82. The van der Waals surface area contributed by atoms with Crippen LogP contribution in [-0.4, -0.2) is 9.49 Å². The fourth-order valence-electron chi connectivity index (χ4n) is 3.91. The molecule has 0 fully saturated rings. The third kappa shape index (κ3) is 2.85. The first-order valence-electron chi connectivity index (χ1n) is 9.16. The van der Waals surface area contributed by atoms with Gasteiger partial charge in [0.05, 0.1) is 16.0 Å². The number of hydrogen-bond donors (Lipinski definition) is 0. The summed E-state index contributed by atoms with van der Waals surface area (Å²) in [5.74, 6) is 0. The van der Waals surface area contributed by atoms with E-state index >= 15 is 0 Å². The quantitative estimate of drug-likeness (QED) is 0.242. The first-order valence-corrected chi connectivity index (χ1v) is 9.54. The minimum absolute atomic E-state index is 0.107. The second kappa shape index (κ2) is 6.76. The van der Waals surface area contributed by atoms with Crippen molar-refractivity contribution in [2.24, 2.45) is 0 Å². The van der Waals surface area contributed by atoms with Gasteiger partial charge in [-0.15, -0.1) is 0 Å². The molecule has 0 aliphatic rings. The Hall–Kier alpha value is -3.63. The molecule has 0 amide bonds. The van der Waals surface area contributed by atoms with Gasteiger partial charge in [-0.1, -0.05) is 48.0 Å². The third-order valence-corrected chi connectivity index (χ3v) is 5.46. The lowest BCUT2D eigenvalue weighted by atomic mass is 9.94. The molecule has 0 spiro atoms. The molecule has 0 radical (unpaired) electrons. The summed E-state index contributed by atoms with van der Waals surface area (Å²) in [4.78, 5) is 11.5. The Morgan fingerprint density at radius 1 is 0.793 bits per heavy atom. The van der Waals surface area contributed by atoms with E-state index in [1.165, 1.54) is 0 Å². The van der Waals surface area contributed by atoms with Gasteiger partial charge >= 0.3 is 0 Å². The third-order valence-electron chi connectivity index (χ3n) is 5.21. The molecule has 0 aliphatic heterocycles. The van der Waals surface area contributed by atoms with Gasteiger partial charge in [0.25, 0.3) is 5.69 Å². The molecule has 0 bridgehead atoms. The van der Waals surface area contributed by atoms with E-state index in [-0.39, 0.29) is 10.6 Å². The van der Waals surface area contributed by atoms with Gasteiger partial charge < -0.3 is 4.57 Å². The maximum absolute atomic E-state index is 11.8. The molecule has 0 unspecified atom stereocenters. The van der Waals surface area contributed by atoms with Crippen molar-refractivity contribution < 1.29 is 4.92 Å². The van der Waals surface area contributed by atoms with E-state index in [1.807, 2.05) is 79.0 Å². The van der Waals surface area contributed by atoms with Gasteiger partial charge in [-0.2, -0.15) is 0 Å². The largest absolute Gasteiger partial charge is 0.317 e. The monoisotopic (exact) mass is 398 g/mol. The van der Waals surface area contributed by atoms with E-state index in [0.29, 0.717) is 10.6 Å². The van der Waals surface area contributed by atoms with Crippen molar-refractivity contribution in [3.63, 3.8) is 0 Å². The Labute approximate surface area is 171 Å². The Kier molecular flexibility index (Phi) is 4.07. The highest BCUT2D eigenvalue weighted by Gasteiger charge is 2.21. The smallest absolute Gasteiger partial charge is 0.277 e. The number of benzene rings is 4. The molecule has 140 valence electrons. The minimum Gasteiger partial charge on any atom is -0.317 e. The predicted octanol–water partition coefficient (Wildman–Crippen LogP) is 7.01. The number of rotatable bonds is 3. The molecule has 1 heterocycles. The van der Waals surface area contributed by atoms with Crippen molar-refractivity contribution >= 4 is 39.0 Å². The number of nitro groups is 1. The lowest BCUT2D eigenvalue weighted by Crippen LogP contribution is -1.94. The van der Waals surface area contributed by atoms with E-state index in [2.05, 4.69) is 4.57 Å². The summed E-state index contributed by atoms with van der Waals surface area (Å²) in [7, 11) is 0. The van der Waals surface area contributed by atoms with Gasteiger partial charge in [-0.25, -0.2) is 0 Å². The van der Waals surface area contributed by atoms with Crippen LogP contribution in [0.3, 0.4) is 0 Å². The van der Waals surface area contributed by atoms with E-state index in [1.54, 1.807) is 12.1 Å². The van der Waals surface area contributed by atoms with Crippen LogP contribution in [0.15, 0.2) is 91.1 Å². The van der Waals surface area contributed by atoms with Crippen LogP contribution < -0.4 is 0 Å². The van der Waals surface area contributed by atoms with Crippen LogP contribution in [0.2, 0.25) is 5.02 Å².